The molecule has 1 aromatic rings. The molecule has 0 fully saturated rings. The molecule has 1 aliphatic rings. The van der Waals surface area contributed by atoms with Crippen molar-refractivity contribution in [3.8, 4) is 0 Å². The van der Waals surface area contributed by atoms with Crippen LogP contribution in [-0.2, 0) is 9.53 Å². The molecule has 0 radical (unpaired) electrons. The van der Waals surface area contributed by atoms with Crippen LogP contribution in [0.3, 0.4) is 0 Å². The maximum absolute atomic E-state index is 11.5. The van der Waals surface area contributed by atoms with E-state index >= 15 is 0 Å². The summed E-state index contributed by atoms with van der Waals surface area (Å²) in [6.07, 6.45) is 11.9. The van der Waals surface area contributed by atoms with Gasteiger partial charge in [0.2, 0.25) is 0 Å². The van der Waals surface area contributed by atoms with Crippen molar-refractivity contribution in [2.24, 2.45) is 11.8 Å². The molecule has 0 bridgehead atoms. The molecule has 1 aromatic carbocycles. The number of hydrogen-bond acceptors (Lipinski definition) is 4. The van der Waals surface area contributed by atoms with Crippen LogP contribution in [0.2, 0.25) is 0 Å². The second kappa shape index (κ2) is 11.6. The number of rotatable bonds is 10. The van der Waals surface area contributed by atoms with Crippen LogP contribution in [0.15, 0.2) is 60.7 Å². The molecule has 1 heterocycles. The number of carbonyl (C=O) groups is 1. The molecular weight excluding hydrogens is 352 g/mol. The third-order valence-corrected chi connectivity index (χ3v) is 5.19. The van der Waals surface area contributed by atoms with E-state index in [9.17, 15) is 15.0 Å². The second-order valence-corrected chi connectivity index (χ2v) is 7.50. The summed E-state index contributed by atoms with van der Waals surface area (Å²) in [7, 11) is 0. The molecule has 1 unspecified atom stereocenters. The summed E-state index contributed by atoms with van der Waals surface area (Å²) >= 11 is 0. The molecule has 0 aromatic heterocycles. The third-order valence-electron chi connectivity index (χ3n) is 5.19. The number of benzene rings is 1. The Morgan fingerprint density at radius 1 is 1.14 bits per heavy atom. The molecule has 5 atom stereocenters. The van der Waals surface area contributed by atoms with Crippen molar-refractivity contribution < 1.29 is 19.7 Å². The predicted molar refractivity (Wildman–Crippen MR) is 112 cm³/mol. The van der Waals surface area contributed by atoms with E-state index in [4.69, 9.17) is 4.74 Å². The summed E-state index contributed by atoms with van der Waals surface area (Å²) < 4.78 is 5.49. The lowest BCUT2D eigenvalue weighted by Gasteiger charge is -2.32. The average molecular weight is 385 g/mol. The summed E-state index contributed by atoms with van der Waals surface area (Å²) in [6.45, 7) is 4.13. The summed E-state index contributed by atoms with van der Waals surface area (Å²) in [5, 5.41) is 20.3. The van der Waals surface area contributed by atoms with Crippen LogP contribution in [0.5, 0.6) is 0 Å². The topological polar surface area (TPSA) is 66.8 Å². The van der Waals surface area contributed by atoms with Gasteiger partial charge in [0.25, 0.3) is 0 Å². The van der Waals surface area contributed by atoms with Gasteiger partial charge in [-0.15, -0.1) is 0 Å². The Balaban J connectivity index is 1.73. The van der Waals surface area contributed by atoms with Crippen LogP contribution in [0.1, 0.15) is 45.1 Å². The fourth-order valence-electron chi connectivity index (χ4n) is 3.50. The molecule has 0 spiro atoms. The maximum atomic E-state index is 11.5. The van der Waals surface area contributed by atoms with Gasteiger partial charge in [0.15, 0.2) is 0 Å². The molecule has 0 aliphatic carbocycles. The van der Waals surface area contributed by atoms with E-state index < -0.39 is 12.2 Å². The predicted octanol–water partition coefficient (Wildman–Crippen LogP) is 4.29. The number of carbonyl (C=O) groups excluding carboxylic acids is 1. The molecule has 4 nitrogen and oxygen atoms in total. The van der Waals surface area contributed by atoms with E-state index in [2.05, 4.69) is 13.8 Å². The van der Waals surface area contributed by atoms with E-state index in [0.29, 0.717) is 12.8 Å². The van der Waals surface area contributed by atoms with Crippen molar-refractivity contribution in [1.82, 2.24) is 0 Å². The SMILES string of the molecule is CC[C@@H]1C=CC(=O)OC1[C@@H](C)CC[C@@H](O)C[C@H](O)/C=C/C=C/c1ccccc1. The first-order valence-electron chi connectivity index (χ1n) is 10.1. The molecule has 4 heteroatoms. The average Bonchev–Trinajstić information content (AvgIpc) is 2.70. The summed E-state index contributed by atoms with van der Waals surface area (Å²) in [6, 6.07) is 9.94. The highest BCUT2D eigenvalue weighted by molar-refractivity contribution is 5.83. The fraction of sp³-hybridized carbons (Fsp3) is 0.458. The van der Waals surface area contributed by atoms with Gasteiger partial charge >= 0.3 is 5.97 Å². The Bertz CT molecular complexity index is 677. The number of ether oxygens (including phenoxy) is 1. The Kier molecular flexibility index (Phi) is 9.18. The second-order valence-electron chi connectivity index (χ2n) is 7.50. The lowest BCUT2D eigenvalue weighted by Crippen LogP contribution is -2.34. The lowest BCUT2D eigenvalue weighted by atomic mass is 9.85. The van der Waals surface area contributed by atoms with E-state index in [1.807, 2.05) is 48.6 Å². The van der Waals surface area contributed by atoms with Crippen molar-refractivity contribution in [2.75, 3.05) is 0 Å². The number of aliphatic hydroxyl groups excluding tert-OH is 2. The molecule has 2 N–H and O–H groups in total. The molecule has 152 valence electrons. The number of aliphatic hydroxyl groups is 2. The molecule has 0 amide bonds. The minimum atomic E-state index is -0.690. The summed E-state index contributed by atoms with van der Waals surface area (Å²) in [5.41, 5.74) is 1.10. The molecule has 0 saturated carbocycles. The first-order chi connectivity index (χ1) is 13.5. The van der Waals surface area contributed by atoms with Gasteiger partial charge in [0.1, 0.15) is 6.10 Å². The first kappa shape index (κ1) is 22.1. The zero-order valence-corrected chi connectivity index (χ0v) is 16.8. The minimum absolute atomic E-state index is 0.136. The molecule has 0 saturated heterocycles. The smallest absolute Gasteiger partial charge is 0.330 e. The van der Waals surface area contributed by atoms with Gasteiger partial charge in [-0.3, -0.25) is 0 Å². The largest absolute Gasteiger partial charge is 0.458 e. The van der Waals surface area contributed by atoms with E-state index in [0.717, 1.165) is 18.4 Å². The quantitative estimate of drug-likeness (QED) is 0.466. The maximum Gasteiger partial charge on any atom is 0.330 e. The van der Waals surface area contributed by atoms with Gasteiger partial charge in [-0.2, -0.15) is 0 Å². The van der Waals surface area contributed by atoms with Gasteiger partial charge in [0.05, 0.1) is 12.2 Å². The number of cyclic esters (lactones) is 1. The van der Waals surface area contributed by atoms with Crippen LogP contribution < -0.4 is 0 Å². The molecule has 1 aliphatic heterocycles. The Hall–Kier alpha value is -2.17. The molecule has 28 heavy (non-hydrogen) atoms. The zero-order chi connectivity index (χ0) is 20.4. The van der Waals surface area contributed by atoms with Crippen molar-refractivity contribution >= 4 is 12.0 Å². The third kappa shape index (κ3) is 7.45. The molecular formula is C24H32O4. The van der Waals surface area contributed by atoms with Gasteiger partial charge in [0, 0.05) is 18.4 Å². The van der Waals surface area contributed by atoms with Crippen LogP contribution in [-0.4, -0.2) is 34.5 Å². The van der Waals surface area contributed by atoms with Gasteiger partial charge in [-0.1, -0.05) is 74.6 Å². The van der Waals surface area contributed by atoms with Gasteiger partial charge < -0.3 is 14.9 Å². The van der Waals surface area contributed by atoms with Crippen LogP contribution in [0.25, 0.3) is 6.08 Å². The number of esters is 1. The fourth-order valence-corrected chi connectivity index (χ4v) is 3.50. The van der Waals surface area contributed by atoms with Crippen molar-refractivity contribution in [3.05, 3.63) is 66.3 Å². The van der Waals surface area contributed by atoms with E-state index in [1.165, 1.54) is 6.08 Å². The zero-order valence-electron chi connectivity index (χ0n) is 16.8. The van der Waals surface area contributed by atoms with Crippen LogP contribution >= 0.6 is 0 Å². The highest BCUT2D eigenvalue weighted by Gasteiger charge is 2.30. The Morgan fingerprint density at radius 2 is 1.89 bits per heavy atom. The highest BCUT2D eigenvalue weighted by Crippen LogP contribution is 2.28. The lowest BCUT2D eigenvalue weighted by molar-refractivity contribution is -0.150. The van der Waals surface area contributed by atoms with Crippen molar-refractivity contribution in [1.29, 1.82) is 0 Å². The van der Waals surface area contributed by atoms with Crippen molar-refractivity contribution in [3.63, 3.8) is 0 Å². The normalized spacial score (nSPS) is 23.1. The Labute approximate surface area is 168 Å². The van der Waals surface area contributed by atoms with E-state index in [-0.39, 0.29) is 23.9 Å². The van der Waals surface area contributed by atoms with Gasteiger partial charge in [-0.25, -0.2) is 4.79 Å². The highest BCUT2D eigenvalue weighted by atomic mass is 16.5. The number of hydrogen-bond donors (Lipinski definition) is 2. The monoisotopic (exact) mass is 384 g/mol. The minimum Gasteiger partial charge on any atom is -0.458 e. The Morgan fingerprint density at radius 3 is 2.61 bits per heavy atom. The standard InChI is InChI=1S/C24H32O4/c1-3-20-14-16-23(27)28-24(20)18(2)13-15-22(26)17-21(25)12-8-7-11-19-9-5-4-6-10-19/h4-12,14,16,18,20-22,24-26H,3,13,15,17H2,1-2H3/b11-7+,12-8+/t18-,20+,21+,22+,24?/m0/s1. The van der Waals surface area contributed by atoms with Gasteiger partial charge in [-0.05, 0) is 30.7 Å². The summed E-state index contributed by atoms with van der Waals surface area (Å²) in [4.78, 5) is 11.5. The number of allylic oxidation sites excluding steroid dienone is 2. The first-order valence-corrected chi connectivity index (χ1v) is 10.1. The van der Waals surface area contributed by atoms with Crippen molar-refractivity contribution in [2.45, 2.75) is 57.8 Å². The summed E-state index contributed by atoms with van der Waals surface area (Å²) in [5.74, 6) is 0.107. The molecule has 2 rings (SSSR count). The van der Waals surface area contributed by atoms with E-state index in [1.54, 1.807) is 12.2 Å². The van der Waals surface area contributed by atoms with Crippen LogP contribution in [0.4, 0.5) is 0 Å². The van der Waals surface area contributed by atoms with Crippen LogP contribution in [0, 0.1) is 11.8 Å².